The maximum absolute atomic E-state index is 12.1. The van der Waals surface area contributed by atoms with Crippen molar-refractivity contribution < 1.29 is 4.79 Å². The average molecular weight is 352 g/mol. The summed E-state index contributed by atoms with van der Waals surface area (Å²) in [4.78, 5) is 21.9. The van der Waals surface area contributed by atoms with E-state index >= 15 is 0 Å². The molecule has 2 N–H and O–H groups in total. The molecular formula is C19H20N4OS. The molecule has 0 spiro atoms. The lowest BCUT2D eigenvalue weighted by atomic mass is 10.0. The zero-order chi connectivity index (χ0) is 17.4. The third-order valence-electron chi connectivity index (χ3n) is 4.78. The number of piperidine rings is 1. The van der Waals surface area contributed by atoms with Gasteiger partial charge in [0.1, 0.15) is 23.0 Å². The first kappa shape index (κ1) is 16.0. The number of aromatic nitrogens is 2. The average Bonchev–Trinajstić information content (AvgIpc) is 3.04. The molecule has 0 radical (unpaired) electrons. The van der Waals surface area contributed by atoms with E-state index in [2.05, 4.69) is 58.0 Å². The summed E-state index contributed by atoms with van der Waals surface area (Å²) >= 11 is 1.60. The van der Waals surface area contributed by atoms with E-state index in [1.165, 1.54) is 11.1 Å². The van der Waals surface area contributed by atoms with Gasteiger partial charge in [-0.1, -0.05) is 18.2 Å². The van der Waals surface area contributed by atoms with Crippen LogP contribution in [0, 0.1) is 13.8 Å². The van der Waals surface area contributed by atoms with Crippen LogP contribution in [0.15, 0.2) is 29.9 Å². The Hall–Kier alpha value is -2.47. The Morgan fingerprint density at radius 3 is 2.92 bits per heavy atom. The van der Waals surface area contributed by atoms with E-state index in [0.717, 1.165) is 46.5 Å². The number of nitrogens with one attached hydrogen (secondary N) is 2. The van der Waals surface area contributed by atoms with Crippen molar-refractivity contribution in [2.24, 2.45) is 0 Å². The Labute approximate surface area is 150 Å². The summed E-state index contributed by atoms with van der Waals surface area (Å²) in [5.41, 5.74) is 4.80. The first-order valence-corrected chi connectivity index (χ1v) is 9.35. The van der Waals surface area contributed by atoms with Crippen molar-refractivity contribution in [2.75, 3.05) is 11.9 Å². The zero-order valence-electron chi connectivity index (χ0n) is 14.3. The highest BCUT2D eigenvalue weighted by atomic mass is 32.1. The number of nitrogens with zero attached hydrogens (tertiary/aromatic N) is 2. The number of carbonyl (C=O) groups is 1. The Morgan fingerprint density at radius 2 is 2.12 bits per heavy atom. The van der Waals surface area contributed by atoms with E-state index in [1.54, 1.807) is 17.7 Å². The molecule has 1 atom stereocenters. The minimum atomic E-state index is -0.237. The second-order valence-corrected chi connectivity index (χ2v) is 7.34. The summed E-state index contributed by atoms with van der Waals surface area (Å²) in [6.45, 7) is 4.99. The molecule has 0 bridgehead atoms. The lowest BCUT2D eigenvalue weighted by Crippen LogP contribution is -2.44. The summed E-state index contributed by atoms with van der Waals surface area (Å²) in [7, 11) is 0. The summed E-state index contributed by atoms with van der Waals surface area (Å²) in [6.07, 6.45) is 3.36. The van der Waals surface area contributed by atoms with Crippen LogP contribution in [-0.4, -0.2) is 28.5 Å². The summed E-state index contributed by atoms with van der Waals surface area (Å²) in [5.74, 6) is 0.780. The van der Waals surface area contributed by atoms with E-state index < -0.39 is 0 Å². The summed E-state index contributed by atoms with van der Waals surface area (Å²) in [6, 6.07) is 6.23. The van der Waals surface area contributed by atoms with Crippen LogP contribution in [0.1, 0.15) is 24.0 Å². The molecule has 1 aromatic carbocycles. The molecule has 0 unspecified atom stereocenters. The van der Waals surface area contributed by atoms with Gasteiger partial charge in [0.25, 0.3) is 0 Å². The number of anilines is 1. The van der Waals surface area contributed by atoms with Gasteiger partial charge in [-0.25, -0.2) is 9.97 Å². The zero-order valence-corrected chi connectivity index (χ0v) is 15.1. The van der Waals surface area contributed by atoms with E-state index in [0.29, 0.717) is 0 Å². The molecule has 1 amide bonds. The van der Waals surface area contributed by atoms with Crippen molar-refractivity contribution in [2.45, 2.75) is 32.7 Å². The maximum atomic E-state index is 12.1. The fourth-order valence-corrected chi connectivity index (χ4v) is 4.10. The highest BCUT2D eigenvalue weighted by Crippen LogP contribution is 2.37. The Balaban J connectivity index is 1.78. The number of aryl methyl sites for hydroxylation is 2. The summed E-state index contributed by atoms with van der Waals surface area (Å²) in [5, 5.41) is 9.37. The van der Waals surface area contributed by atoms with Crippen LogP contribution < -0.4 is 10.6 Å². The lowest BCUT2D eigenvalue weighted by molar-refractivity contribution is -0.123. The molecule has 1 saturated heterocycles. The summed E-state index contributed by atoms with van der Waals surface area (Å²) < 4.78 is 0. The van der Waals surface area contributed by atoms with Crippen LogP contribution in [0.25, 0.3) is 21.3 Å². The maximum Gasteiger partial charge on any atom is 0.242 e. The van der Waals surface area contributed by atoms with Crippen LogP contribution in [0.5, 0.6) is 0 Å². The molecule has 5 nitrogen and oxygen atoms in total. The van der Waals surface area contributed by atoms with Crippen LogP contribution in [0.4, 0.5) is 5.82 Å². The highest BCUT2D eigenvalue weighted by Gasteiger charge is 2.24. The molecule has 0 saturated carbocycles. The molecule has 1 aliphatic rings. The number of carbonyl (C=O) groups excluding carboxylic acids is 1. The van der Waals surface area contributed by atoms with E-state index in [4.69, 9.17) is 0 Å². The van der Waals surface area contributed by atoms with Crippen LogP contribution in [0.3, 0.4) is 0 Å². The van der Waals surface area contributed by atoms with E-state index in [9.17, 15) is 4.79 Å². The highest BCUT2D eigenvalue weighted by molar-refractivity contribution is 7.17. The van der Waals surface area contributed by atoms with Crippen LogP contribution in [0.2, 0.25) is 0 Å². The van der Waals surface area contributed by atoms with Gasteiger partial charge in [-0.05, 0) is 43.4 Å². The molecule has 0 aliphatic carbocycles. The third-order valence-corrected chi connectivity index (χ3v) is 5.67. The number of thiophene rings is 1. The van der Waals surface area contributed by atoms with Gasteiger partial charge in [0, 0.05) is 17.5 Å². The van der Waals surface area contributed by atoms with Crippen molar-refractivity contribution in [3.63, 3.8) is 0 Å². The minimum absolute atomic E-state index is 0.0426. The first-order chi connectivity index (χ1) is 12.1. The molecule has 1 fully saturated rings. The topological polar surface area (TPSA) is 66.9 Å². The monoisotopic (exact) mass is 352 g/mol. The van der Waals surface area contributed by atoms with Gasteiger partial charge in [-0.3, -0.25) is 4.79 Å². The fraction of sp³-hybridized carbons (Fsp3) is 0.316. The predicted molar refractivity (Wildman–Crippen MR) is 102 cm³/mol. The van der Waals surface area contributed by atoms with Gasteiger partial charge in [-0.2, -0.15) is 0 Å². The Morgan fingerprint density at radius 1 is 1.24 bits per heavy atom. The van der Waals surface area contributed by atoms with Gasteiger partial charge in [0.15, 0.2) is 0 Å². The van der Waals surface area contributed by atoms with E-state index in [1.807, 2.05) is 0 Å². The number of fused-ring (bicyclic) bond motifs is 1. The second kappa shape index (κ2) is 6.44. The van der Waals surface area contributed by atoms with Gasteiger partial charge in [-0.15, -0.1) is 11.3 Å². The van der Waals surface area contributed by atoms with Gasteiger partial charge in [0.05, 0.1) is 5.39 Å². The number of hydrogen-bond donors (Lipinski definition) is 2. The van der Waals surface area contributed by atoms with Gasteiger partial charge in [0.2, 0.25) is 5.91 Å². The quantitative estimate of drug-likeness (QED) is 0.755. The molecule has 3 aromatic rings. The molecule has 4 rings (SSSR count). The molecule has 6 heteroatoms. The van der Waals surface area contributed by atoms with E-state index in [-0.39, 0.29) is 11.9 Å². The fourth-order valence-electron chi connectivity index (χ4n) is 3.18. The molecule has 25 heavy (non-hydrogen) atoms. The van der Waals surface area contributed by atoms with Gasteiger partial charge >= 0.3 is 0 Å². The number of amides is 1. The molecule has 128 valence electrons. The molecule has 3 heterocycles. The standard InChI is InChI=1S/C19H20N4OS/c1-11-5-6-13(8-12(11)2)14-9-25-19-16(14)17(21-10-22-19)23-15-4-3-7-20-18(15)24/h5-6,8-10,15H,3-4,7H2,1-2H3,(H,20,24)(H,21,22,23)/t15-/m1/s1. The van der Waals surface area contributed by atoms with Crippen LogP contribution >= 0.6 is 11.3 Å². The number of hydrogen-bond acceptors (Lipinski definition) is 5. The molecule has 1 aliphatic heterocycles. The molecule has 2 aromatic heterocycles. The largest absolute Gasteiger partial charge is 0.358 e. The normalized spacial score (nSPS) is 17.5. The van der Waals surface area contributed by atoms with Crippen molar-refractivity contribution >= 4 is 33.3 Å². The molecular weight excluding hydrogens is 332 g/mol. The van der Waals surface area contributed by atoms with Gasteiger partial charge < -0.3 is 10.6 Å². The number of benzene rings is 1. The first-order valence-electron chi connectivity index (χ1n) is 8.47. The van der Waals surface area contributed by atoms with Crippen molar-refractivity contribution in [1.82, 2.24) is 15.3 Å². The van der Waals surface area contributed by atoms with Crippen LogP contribution in [-0.2, 0) is 4.79 Å². The van der Waals surface area contributed by atoms with Crippen molar-refractivity contribution in [1.29, 1.82) is 0 Å². The SMILES string of the molecule is Cc1ccc(-c2csc3ncnc(N[C@@H]4CCCNC4=O)c23)cc1C. The lowest BCUT2D eigenvalue weighted by Gasteiger charge is -2.23. The van der Waals surface area contributed by atoms with Crippen molar-refractivity contribution in [3.05, 3.63) is 41.0 Å². The predicted octanol–water partition coefficient (Wildman–Crippen LogP) is 3.67. The number of rotatable bonds is 3. The van der Waals surface area contributed by atoms with Crippen molar-refractivity contribution in [3.8, 4) is 11.1 Å². The Bertz CT molecular complexity index is 950. The smallest absolute Gasteiger partial charge is 0.242 e. The second-order valence-electron chi connectivity index (χ2n) is 6.48. The third kappa shape index (κ3) is 2.98. The Kier molecular flexibility index (Phi) is 4.13. The minimum Gasteiger partial charge on any atom is -0.358 e.